The van der Waals surface area contributed by atoms with Gasteiger partial charge in [0.05, 0.1) is 0 Å². The summed E-state index contributed by atoms with van der Waals surface area (Å²) < 4.78 is 1.30. The van der Waals surface area contributed by atoms with Gasteiger partial charge in [-0.05, 0) is 32.0 Å². The Morgan fingerprint density at radius 1 is 1.00 bits per heavy atom. The summed E-state index contributed by atoms with van der Waals surface area (Å²) in [6, 6.07) is 12.9. The average molecular weight is 406 g/mol. The van der Waals surface area contributed by atoms with Gasteiger partial charge in [0, 0.05) is 31.8 Å². The predicted octanol–water partition coefficient (Wildman–Crippen LogP) is 2.38. The van der Waals surface area contributed by atoms with Gasteiger partial charge in [-0.25, -0.2) is 14.6 Å². The quantitative estimate of drug-likeness (QED) is 0.649. The Labute approximate surface area is 175 Å². The fourth-order valence-corrected chi connectivity index (χ4v) is 3.70. The molecular formula is C22H27N7O. The molecule has 0 saturated carbocycles. The van der Waals surface area contributed by atoms with E-state index in [1.165, 1.54) is 30.0 Å². The summed E-state index contributed by atoms with van der Waals surface area (Å²) in [5, 5.41) is 7.72. The smallest absolute Gasteiger partial charge is 0.266 e. The fraction of sp³-hybridized carbons (Fsp3) is 0.364. The van der Waals surface area contributed by atoms with Gasteiger partial charge >= 0.3 is 0 Å². The number of aromatic nitrogens is 4. The van der Waals surface area contributed by atoms with Crippen LogP contribution in [-0.4, -0.2) is 50.8 Å². The zero-order valence-corrected chi connectivity index (χ0v) is 17.2. The van der Waals surface area contributed by atoms with Crippen molar-refractivity contribution < 1.29 is 0 Å². The van der Waals surface area contributed by atoms with Gasteiger partial charge in [0.2, 0.25) is 0 Å². The molecule has 0 spiro atoms. The first-order chi connectivity index (χ1) is 14.6. The first-order valence-corrected chi connectivity index (χ1v) is 10.4. The molecule has 0 amide bonds. The zero-order valence-electron chi connectivity index (χ0n) is 17.2. The number of hydrogen-bond donors (Lipinski definition) is 2. The molecule has 3 aromatic rings. The second-order valence-electron chi connectivity index (χ2n) is 7.53. The molecule has 30 heavy (non-hydrogen) atoms. The molecule has 1 aromatic carbocycles. The number of piperidine rings is 1. The van der Waals surface area contributed by atoms with Crippen LogP contribution in [0.25, 0.3) is 22.6 Å². The van der Waals surface area contributed by atoms with Crippen molar-refractivity contribution in [3.05, 3.63) is 52.8 Å². The van der Waals surface area contributed by atoms with Crippen LogP contribution in [0.3, 0.4) is 0 Å². The topological polar surface area (TPSA) is 102 Å². The normalized spacial score (nSPS) is 14.6. The predicted molar refractivity (Wildman–Crippen MR) is 119 cm³/mol. The summed E-state index contributed by atoms with van der Waals surface area (Å²) in [5.74, 6) is 0.887. The number of likely N-dealkylation sites (tertiary alicyclic amines) is 1. The molecule has 156 valence electrons. The van der Waals surface area contributed by atoms with E-state index < -0.39 is 0 Å². The Morgan fingerprint density at radius 2 is 1.77 bits per heavy atom. The standard InChI is InChI=1S/C22H27N7O/c1-28-18(30)11-10-17(27-28)20-19(16-8-4-2-5-9-16)25-21(23)22(26-20)24-12-15-29-13-6-3-7-14-29/h2,4-5,8-11H,3,6-7,12-15H2,1H3,(H2,23,25)(H,24,26). The minimum Gasteiger partial charge on any atom is -0.381 e. The number of nitrogens with two attached hydrogens (primary N) is 1. The second kappa shape index (κ2) is 9.04. The molecule has 1 fully saturated rings. The van der Waals surface area contributed by atoms with E-state index in [2.05, 4.69) is 20.3 Å². The van der Waals surface area contributed by atoms with E-state index in [0.29, 0.717) is 28.7 Å². The average Bonchev–Trinajstić information content (AvgIpc) is 2.78. The maximum atomic E-state index is 11.8. The molecule has 0 radical (unpaired) electrons. The number of nitrogens with one attached hydrogen (secondary N) is 1. The lowest BCUT2D eigenvalue weighted by Gasteiger charge is -2.26. The third kappa shape index (κ3) is 4.49. The van der Waals surface area contributed by atoms with Crippen LogP contribution in [0, 0.1) is 0 Å². The number of benzene rings is 1. The summed E-state index contributed by atoms with van der Waals surface area (Å²) in [5.41, 5.74) is 8.77. The van der Waals surface area contributed by atoms with Crippen molar-refractivity contribution in [1.29, 1.82) is 0 Å². The second-order valence-corrected chi connectivity index (χ2v) is 7.53. The van der Waals surface area contributed by atoms with Gasteiger partial charge in [0.15, 0.2) is 11.6 Å². The molecule has 0 bridgehead atoms. The number of aryl methyl sites for hydroxylation is 1. The molecule has 3 N–H and O–H groups in total. The van der Waals surface area contributed by atoms with Crippen molar-refractivity contribution in [2.24, 2.45) is 7.05 Å². The molecule has 1 saturated heterocycles. The highest BCUT2D eigenvalue weighted by Crippen LogP contribution is 2.30. The van der Waals surface area contributed by atoms with Crippen LogP contribution in [0.2, 0.25) is 0 Å². The van der Waals surface area contributed by atoms with Gasteiger partial charge in [-0.2, -0.15) is 5.10 Å². The van der Waals surface area contributed by atoms with Crippen molar-refractivity contribution in [1.82, 2.24) is 24.6 Å². The van der Waals surface area contributed by atoms with E-state index in [9.17, 15) is 4.79 Å². The summed E-state index contributed by atoms with van der Waals surface area (Å²) in [6.45, 7) is 3.96. The van der Waals surface area contributed by atoms with E-state index in [4.69, 9.17) is 10.7 Å². The lowest BCUT2D eigenvalue weighted by atomic mass is 10.1. The molecule has 0 aliphatic carbocycles. The van der Waals surface area contributed by atoms with Crippen LogP contribution in [0.5, 0.6) is 0 Å². The van der Waals surface area contributed by atoms with Crippen molar-refractivity contribution >= 4 is 11.6 Å². The molecule has 1 aliphatic rings. The van der Waals surface area contributed by atoms with Crippen molar-refractivity contribution in [2.45, 2.75) is 19.3 Å². The van der Waals surface area contributed by atoms with E-state index in [1.807, 2.05) is 30.3 Å². The summed E-state index contributed by atoms with van der Waals surface area (Å²) in [4.78, 5) is 23.7. The highest BCUT2D eigenvalue weighted by Gasteiger charge is 2.17. The summed E-state index contributed by atoms with van der Waals surface area (Å²) >= 11 is 0. The van der Waals surface area contributed by atoms with E-state index >= 15 is 0 Å². The molecule has 8 nitrogen and oxygen atoms in total. The third-order valence-corrected chi connectivity index (χ3v) is 5.34. The molecule has 0 atom stereocenters. The molecule has 2 aromatic heterocycles. The van der Waals surface area contributed by atoms with E-state index in [-0.39, 0.29) is 5.56 Å². The lowest BCUT2D eigenvalue weighted by Crippen LogP contribution is -2.33. The molecule has 4 rings (SSSR count). The van der Waals surface area contributed by atoms with E-state index in [0.717, 1.165) is 31.7 Å². The van der Waals surface area contributed by atoms with Gasteiger partial charge in [-0.1, -0.05) is 36.8 Å². The lowest BCUT2D eigenvalue weighted by molar-refractivity contribution is 0.237. The largest absolute Gasteiger partial charge is 0.381 e. The number of rotatable bonds is 6. The Balaban J connectivity index is 1.66. The first kappa shape index (κ1) is 20.0. The summed E-state index contributed by atoms with van der Waals surface area (Å²) in [7, 11) is 1.62. The Kier molecular flexibility index (Phi) is 6.04. The van der Waals surface area contributed by atoms with Crippen LogP contribution in [0.15, 0.2) is 47.3 Å². The maximum Gasteiger partial charge on any atom is 0.266 e. The Bertz CT molecular complexity index is 1060. The third-order valence-electron chi connectivity index (χ3n) is 5.34. The fourth-order valence-electron chi connectivity index (χ4n) is 3.70. The SMILES string of the molecule is Cn1nc(-c2nc(NCCN3CCCCC3)c(N)nc2-c2ccccc2)ccc1=O. The number of anilines is 2. The van der Waals surface area contributed by atoms with Crippen LogP contribution in [0.1, 0.15) is 19.3 Å². The van der Waals surface area contributed by atoms with Crippen LogP contribution in [-0.2, 0) is 7.05 Å². The Morgan fingerprint density at radius 3 is 2.50 bits per heavy atom. The van der Waals surface area contributed by atoms with Crippen LogP contribution >= 0.6 is 0 Å². The molecular weight excluding hydrogens is 378 g/mol. The summed E-state index contributed by atoms with van der Waals surface area (Å²) in [6.07, 6.45) is 3.84. The molecule has 0 unspecified atom stereocenters. The van der Waals surface area contributed by atoms with Crippen molar-refractivity contribution in [3.63, 3.8) is 0 Å². The Hall–Kier alpha value is -3.26. The van der Waals surface area contributed by atoms with Crippen LogP contribution in [0.4, 0.5) is 11.6 Å². The molecule has 3 heterocycles. The first-order valence-electron chi connectivity index (χ1n) is 10.4. The highest BCUT2D eigenvalue weighted by molar-refractivity contribution is 5.79. The van der Waals surface area contributed by atoms with Gasteiger partial charge in [-0.15, -0.1) is 0 Å². The van der Waals surface area contributed by atoms with Gasteiger partial charge in [0.25, 0.3) is 5.56 Å². The van der Waals surface area contributed by atoms with Gasteiger partial charge in [0.1, 0.15) is 17.1 Å². The molecule has 1 aliphatic heterocycles. The minimum absolute atomic E-state index is 0.178. The number of nitrogens with zero attached hydrogens (tertiary/aromatic N) is 5. The van der Waals surface area contributed by atoms with Crippen molar-refractivity contribution in [3.8, 4) is 22.6 Å². The number of hydrogen-bond acceptors (Lipinski definition) is 7. The van der Waals surface area contributed by atoms with Gasteiger partial charge < -0.3 is 16.0 Å². The zero-order chi connectivity index (χ0) is 20.9. The molecule has 8 heteroatoms. The highest BCUT2D eigenvalue weighted by atomic mass is 16.1. The van der Waals surface area contributed by atoms with E-state index in [1.54, 1.807) is 13.1 Å². The monoisotopic (exact) mass is 405 g/mol. The van der Waals surface area contributed by atoms with Crippen LogP contribution < -0.4 is 16.6 Å². The number of nitrogen functional groups attached to an aromatic ring is 1. The minimum atomic E-state index is -0.178. The maximum absolute atomic E-state index is 11.8. The van der Waals surface area contributed by atoms with Crippen molar-refractivity contribution in [2.75, 3.05) is 37.2 Å². The van der Waals surface area contributed by atoms with Gasteiger partial charge in [-0.3, -0.25) is 4.79 Å².